The van der Waals surface area contributed by atoms with E-state index in [1.165, 1.54) is 0 Å². The van der Waals surface area contributed by atoms with Crippen molar-refractivity contribution in [2.75, 3.05) is 19.8 Å². The van der Waals surface area contributed by atoms with Gasteiger partial charge >= 0.3 is 0 Å². The molecule has 3 N–H and O–H groups in total. The lowest BCUT2D eigenvalue weighted by atomic mass is 9.92. The fourth-order valence-corrected chi connectivity index (χ4v) is 2.10. The first-order valence-corrected chi connectivity index (χ1v) is 6.16. The summed E-state index contributed by atoms with van der Waals surface area (Å²) in [5.74, 6) is 0. The van der Waals surface area contributed by atoms with Crippen LogP contribution in [0.3, 0.4) is 0 Å². The molecule has 0 spiro atoms. The highest BCUT2D eigenvalue weighted by Crippen LogP contribution is 2.20. The van der Waals surface area contributed by atoms with Crippen LogP contribution in [-0.2, 0) is 11.8 Å². The highest BCUT2D eigenvalue weighted by molar-refractivity contribution is 5.10. The number of nitrogens with one attached hydrogen (secondary N) is 1. The van der Waals surface area contributed by atoms with Crippen molar-refractivity contribution in [1.82, 2.24) is 15.1 Å². The van der Waals surface area contributed by atoms with Crippen LogP contribution in [0.15, 0.2) is 12.4 Å². The van der Waals surface area contributed by atoms with E-state index in [0.29, 0.717) is 0 Å². The lowest BCUT2D eigenvalue weighted by Crippen LogP contribution is -2.48. The van der Waals surface area contributed by atoms with Crippen molar-refractivity contribution >= 4 is 0 Å². The number of nitrogens with two attached hydrogens (primary N) is 1. The largest absolute Gasteiger partial charge is 0.381 e. The second-order valence-corrected chi connectivity index (χ2v) is 5.11. The van der Waals surface area contributed by atoms with Gasteiger partial charge in [0.2, 0.25) is 0 Å². The van der Waals surface area contributed by atoms with Gasteiger partial charge in [-0.15, -0.1) is 0 Å². The van der Waals surface area contributed by atoms with Crippen LogP contribution < -0.4 is 11.1 Å². The summed E-state index contributed by atoms with van der Waals surface area (Å²) in [4.78, 5) is 0. The van der Waals surface area contributed by atoms with Gasteiger partial charge < -0.3 is 15.8 Å². The highest BCUT2D eigenvalue weighted by atomic mass is 16.5. The minimum absolute atomic E-state index is 0.00312. The van der Waals surface area contributed by atoms with Crippen LogP contribution in [0.4, 0.5) is 0 Å². The minimum Gasteiger partial charge on any atom is -0.381 e. The average molecular weight is 238 g/mol. The molecule has 5 heteroatoms. The first kappa shape index (κ1) is 12.5. The van der Waals surface area contributed by atoms with Crippen molar-refractivity contribution < 1.29 is 4.74 Å². The van der Waals surface area contributed by atoms with E-state index in [1.807, 2.05) is 19.4 Å². The molecule has 1 aromatic heterocycles. The van der Waals surface area contributed by atoms with Gasteiger partial charge in [-0.1, -0.05) is 0 Å². The van der Waals surface area contributed by atoms with Crippen molar-refractivity contribution in [2.24, 2.45) is 12.8 Å². The zero-order valence-corrected chi connectivity index (χ0v) is 10.6. The predicted molar refractivity (Wildman–Crippen MR) is 66.6 cm³/mol. The molecule has 1 fully saturated rings. The Labute approximate surface area is 102 Å². The third kappa shape index (κ3) is 3.28. The Morgan fingerprint density at radius 1 is 1.59 bits per heavy atom. The van der Waals surface area contributed by atoms with Gasteiger partial charge in [0.15, 0.2) is 0 Å². The van der Waals surface area contributed by atoms with Crippen molar-refractivity contribution in [3.63, 3.8) is 0 Å². The lowest BCUT2D eigenvalue weighted by molar-refractivity contribution is 0.0448. The Hall–Kier alpha value is -0.910. The molecule has 0 aliphatic carbocycles. The van der Waals surface area contributed by atoms with E-state index in [2.05, 4.69) is 17.3 Å². The van der Waals surface area contributed by atoms with Crippen molar-refractivity contribution in [2.45, 2.75) is 31.3 Å². The van der Waals surface area contributed by atoms with E-state index in [1.54, 1.807) is 4.68 Å². The zero-order chi connectivity index (χ0) is 12.3. The first-order chi connectivity index (χ1) is 8.09. The Morgan fingerprint density at radius 3 is 2.88 bits per heavy atom. The maximum atomic E-state index is 6.14. The first-order valence-electron chi connectivity index (χ1n) is 6.16. The molecule has 0 aromatic carbocycles. The SMILES string of the molecule is Cn1cc(C(N)CNC2(C)CCOCC2)cn1. The van der Waals surface area contributed by atoms with E-state index >= 15 is 0 Å². The normalized spacial score (nSPS) is 21.4. The number of aromatic nitrogens is 2. The van der Waals surface area contributed by atoms with Crippen LogP contribution in [0.2, 0.25) is 0 Å². The van der Waals surface area contributed by atoms with E-state index < -0.39 is 0 Å². The molecule has 1 aromatic rings. The van der Waals surface area contributed by atoms with Gasteiger partial charge in [0, 0.05) is 50.1 Å². The molecular formula is C12H22N4O. The third-order valence-corrected chi connectivity index (χ3v) is 3.50. The molecule has 2 heterocycles. The van der Waals surface area contributed by atoms with Gasteiger partial charge in [0.05, 0.1) is 6.20 Å². The monoisotopic (exact) mass is 238 g/mol. The van der Waals surface area contributed by atoms with Crippen LogP contribution in [0, 0.1) is 0 Å². The van der Waals surface area contributed by atoms with Gasteiger partial charge in [-0.05, 0) is 19.8 Å². The van der Waals surface area contributed by atoms with Gasteiger partial charge in [0.25, 0.3) is 0 Å². The van der Waals surface area contributed by atoms with Crippen molar-refractivity contribution in [3.05, 3.63) is 18.0 Å². The molecule has 5 nitrogen and oxygen atoms in total. The summed E-state index contributed by atoms with van der Waals surface area (Å²) in [7, 11) is 1.91. The Morgan fingerprint density at radius 2 is 2.29 bits per heavy atom. The van der Waals surface area contributed by atoms with E-state index in [4.69, 9.17) is 10.5 Å². The molecule has 1 unspecified atom stereocenters. The fourth-order valence-electron chi connectivity index (χ4n) is 2.10. The Balaban J connectivity index is 1.85. The molecular weight excluding hydrogens is 216 g/mol. The van der Waals surface area contributed by atoms with Crippen molar-refractivity contribution in [3.8, 4) is 0 Å². The quantitative estimate of drug-likeness (QED) is 0.805. The summed E-state index contributed by atoms with van der Waals surface area (Å²) in [6.07, 6.45) is 5.90. The topological polar surface area (TPSA) is 65.1 Å². The standard InChI is InChI=1S/C12H22N4O/c1-12(3-5-17-6-4-12)14-8-11(13)10-7-15-16(2)9-10/h7,9,11,14H,3-6,8,13H2,1-2H3. The predicted octanol–water partition coefficient (Wildman–Crippen LogP) is 0.579. The highest BCUT2D eigenvalue weighted by Gasteiger charge is 2.27. The van der Waals surface area contributed by atoms with Crippen LogP contribution in [0.1, 0.15) is 31.4 Å². The molecule has 1 atom stereocenters. The second-order valence-electron chi connectivity index (χ2n) is 5.11. The van der Waals surface area contributed by atoms with Crippen molar-refractivity contribution in [1.29, 1.82) is 0 Å². The molecule has 1 aliphatic heterocycles. The van der Waals surface area contributed by atoms with E-state index in [0.717, 1.165) is 38.2 Å². The third-order valence-electron chi connectivity index (χ3n) is 3.50. The van der Waals surface area contributed by atoms with Gasteiger partial charge in [-0.3, -0.25) is 4.68 Å². The maximum Gasteiger partial charge on any atom is 0.0537 e. The molecule has 1 aliphatic rings. The number of nitrogens with zero attached hydrogens (tertiary/aromatic N) is 2. The summed E-state index contributed by atoms with van der Waals surface area (Å²) in [6.45, 7) is 4.70. The molecule has 96 valence electrons. The Kier molecular flexibility index (Phi) is 3.81. The maximum absolute atomic E-state index is 6.14. The smallest absolute Gasteiger partial charge is 0.0537 e. The molecule has 1 saturated heterocycles. The summed E-state index contributed by atoms with van der Waals surface area (Å²) in [5.41, 5.74) is 7.38. The molecule has 0 amide bonds. The zero-order valence-electron chi connectivity index (χ0n) is 10.6. The minimum atomic E-state index is 0.00312. The number of hydrogen-bond donors (Lipinski definition) is 2. The lowest BCUT2D eigenvalue weighted by Gasteiger charge is -2.35. The molecule has 2 rings (SSSR count). The van der Waals surface area contributed by atoms with Gasteiger partial charge in [-0.25, -0.2) is 0 Å². The summed E-state index contributed by atoms with van der Waals surface area (Å²) < 4.78 is 7.16. The van der Waals surface area contributed by atoms with Crippen LogP contribution in [0.25, 0.3) is 0 Å². The molecule has 0 radical (unpaired) electrons. The molecule has 0 bridgehead atoms. The summed E-state index contributed by atoms with van der Waals surface area (Å²) in [5, 5.41) is 7.70. The molecule has 17 heavy (non-hydrogen) atoms. The summed E-state index contributed by atoms with van der Waals surface area (Å²) >= 11 is 0. The number of rotatable bonds is 4. The number of aryl methyl sites for hydroxylation is 1. The summed E-state index contributed by atoms with van der Waals surface area (Å²) in [6, 6.07) is 0.00312. The van der Waals surface area contributed by atoms with Crippen LogP contribution in [-0.4, -0.2) is 35.1 Å². The Bertz CT molecular complexity index is 357. The van der Waals surface area contributed by atoms with Gasteiger partial charge in [-0.2, -0.15) is 5.10 Å². The van der Waals surface area contributed by atoms with Gasteiger partial charge in [0.1, 0.15) is 0 Å². The fraction of sp³-hybridized carbons (Fsp3) is 0.750. The molecule has 0 saturated carbocycles. The number of ether oxygens (including phenoxy) is 1. The van der Waals surface area contributed by atoms with Crippen LogP contribution >= 0.6 is 0 Å². The van der Waals surface area contributed by atoms with E-state index in [9.17, 15) is 0 Å². The van der Waals surface area contributed by atoms with E-state index in [-0.39, 0.29) is 11.6 Å². The average Bonchev–Trinajstić information content (AvgIpc) is 2.74. The van der Waals surface area contributed by atoms with Crippen LogP contribution in [0.5, 0.6) is 0 Å². The number of hydrogen-bond acceptors (Lipinski definition) is 4. The second kappa shape index (κ2) is 5.16.